The van der Waals surface area contributed by atoms with E-state index in [4.69, 9.17) is 9.79 Å². The number of aromatic nitrogens is 2. The molecule has 29 heavy (non-hydrogen) atoms. The number of aryl methyl sites for hydroxylation is 1. The molecule has 0 unspecified atom stereocenters. The van der Waals surface area contributed by atoms with Crippen molar-refractivity contribution < 1.29 is 28.6 Å². The largest absolute Gasteiger partial charge is 0.505 e. The number of benzene rings is 1. The minimum Gasteiger partial charge on any atom is -0.505 e. The fourth-order valence-corrected chi connectivity index (χ4v) is 3.18. The first-order chi connectivity index (χ1) is 13.6. The van der Waals surface area contributed by atoms with Gasteiger partial charge in [0.2, 0.25) is 0 Å². The van der Waals surface area contributed by atoms with E-state index in [1.165, 1.54) is 25.4 Å². The summed E-state index contributed by atoms with van der Waals surface area (Å²) in [6, 6.07) is 7.50. The average molecular weight is 421 g/mol. The highest BCUT2D eigenvalue weighted by Crippen LogP contribution is 2.32. The Kier molecular flexibility index (Phi) is 5.52. The molecule has 1 aromatic carbocycles. The van der Waals surface area contributed by atoms with E-state index >= 15 is 0 Å². The van der Waals surface area contributed by atoms with Crippen LogP contribution < -0.4 is 10.9 Å². The summed E-state index contributed by atoms with van der Waals surface area (Å²) in [4.78, 5) is 46.6. The zero-order chi connectivity index (χ0) is 21.3. The lowest BCUT2D eigenvalue weighted by Crippen LogP contribution is -2.33. The SMILES string of the molecule is Cn1c(=O)c(C(=O)NCP(=O)(O)O)c(O)c2ncc(Cc3ccc(F)cc3)cc21. The number of nitrogens with zero attached hydrogens (tertiary/aromatic N) is 2. The lowest BCUT2D eigenvalue weighted by molar-refractivity contribution is 0.0952. The lowest BCUT2D eigenvalue weighted by Gasteiger charge is -2.13. The summed E-state index contributed by atoms with van der Waals surface area (Å²) in [5, 5.41) is 12.3. The number of amides is 1. The molecule has 0 atom stereocenters. The Labute approximate surface area is 163 Å². The highest BCUT2D eigenvalue weighted by molar-refractivity contribution is 7.51. The van der Waals surface area contributed by atoms with Crippen LogP contribution in [-0.4, -0.2) is 36.6 Å². The van der Waals surface area contributed by atoms with Crippen molar-refractivity contribution in [2.45, 2.75) is 6.42 Å². The topological polar surface area (TPSA) is 142 Å². The molecule has 0 bridgehead atoms. The Hall–Kier alpha value is -3.07. The second kappa shape index (κ2) is 7.75. The van der Waals surface area contributed by atoms with Crippen LogP contribution in [0.1, 0.15) is 21.5 Å². The predicted molar refractivity (Wildman–Crippen MR) is 102 cm³/mol. The molecule has 0 aliphatic carbocycles. The second-order valence-corrected chi connectivity index (χ2v) is 8.08. The fraction of sp³-hybridized carbons (Fsp3) is 0.167. The minimum absolute atomic E-state index is 0.0173. The molecule has 4 N–H and O–H groups in total. The maximum atomic E-state index is 13.0. The van der Waals surface area contributed by atoms with Crippen LogP contribution in [0.2, 0.25) is 0 Å². The highest BCUT2D eigenvalue weighted by Gasteiger charge is 2.24. The number of carbonyl (C=O) groups excluding carboxylic acids is 1. The van der Waals surface area contributed by atoms with Crippen molar-refractivity contribution in [3.63, 3.8) is 0 Å². The Bertz CT molecular complexity index is 1200. The van der Waals surface area contributed by atoms with E-state index in [0.717, 1.165) is 10.1 Å². The molecule has 3 aromatic rings. The van der Waals surface area contributed by atoms with Crippen molar-refractivity contribution in [3.8, 4) is 5.75 Å². The zero-order valence-electron chi connectivity index (χ0n) is 15.2. The number of hydrogen-bond acceptors (Lipinski definition) is 5. The summed E-state index contributed by atoms with van der Waals surface area (Å²) in [6.45, 7) is 0. The molecule has 0 fully saturated rings. The van der Waals surface area contributed by atoms with Crippen LogP contribution in [-0.2, 0) is 18.0 Å². The maximum Gasteiger partial charge on any atom is 0.344 e. The van der Waals surface area contributed by atoms with Gasteiger partial charge in [-0.1, -0.05) is 12.1 Å². The van der Waals surface area contributed by atoms with Gasteiger partial charge in [0.15, 0.2) is 5.75 Å². The van der Waals surface area contributed by atoms with Gasteiger partial charge in [-0.15, -0.1) is 0 Å². The van der Waals surface area contributed by atoms with Crippen LogP contribution in [0.15, 0.2) is 41.3 Å². The first kappa shape index (κ1) is 20.7. The quantitative estimate of drug-likeness (QED) is 0.454. The molecule has 0 saturated heterocycles. The number of carbonyl (C=O) groups is 1. The second-order valence-electron chi connectivity index (χ2n) is 6.43. The number of nitrogens with one attached hydrogen (secondary N) is 1. The van der Waals surface area contributed by atoms with E-state index in [1.54, 1.807) is 18.2 Å². The summed E-state index contributed by atoms with van der Waals surface area (Å²) in [5.41, 5.74) is 0.244. The van der Waals surface area contributed by atoms with Gasteiger partial charge in [-0.05, 0) is 35.7 Å². The Morgan fingerprint density at radius 1 is 1.24 bits per heavy atom. The monoisotopic (exact) mass is 421 g/mol. The van der Waals surface area contributed by atoms with Crippen molar-refractivity contribution in [2.24, 2.45) is 7.05 Å². The van der Waals surface area contributed by atoms with Crippen molar-refractivity contribution in [3.05, 3.63) is 69.4 Å². The normalized spacial score (nSPS) is 11.6. The van der Waals surface area contributed by atoms with Gasteiger partial charge in [0, 0.05) is 13.2 Å². The summed E-state index contributed by atoms with van der Waals surface area (Å²) in [6.07, 6.45) is 0.881. The van der Waals surface area contributed by atoms with Crippen LogP contribution in [0.3, 0.4) is 0 Å². The number of rotatable bonds is 5. The molecule has 0 aliphatic rings. The van der Waals surface area contributed by atoms with E-state index in [-0.39, 0.29) is 16.9 Å². The first-order valence-corrected chi connectivity index (χ1v) is 10.1. The molecule has 0 radical (unpaired) electrons. The molecule has 2 heterocycles. The highest BCUT2D eigenvalue weighted by atomic mass is 31.2. The molecule has 1 amide bonds. The molecule has 0 aliphatic heterocycles. The van der Waals surface area contributed by atoms with Gasteiger partial charge in [0.05, 0.1) is 5.52 Å². The summed E-state index contributed by atoms with van der Waals surface area (Å²) < 4.78 is 25.1. The number of hydrogen-bond donors (Lipinski definition) is 4. The lowest BCUT2D eigenvalue weighted by atomic mass is 10.1. The number of aromatic hydroxyl groups is 1. The van der Waals surface area contributed by atoms with E-state index < -0.39 is 36.7 Å². The standard InChI is InChI=1S/C18H17FN3O6P/c1-22-13-7-11(6-10-2-4-12(19)5-3-10)8-20-15(13)16(23)14(18(22)25)17(24)21-9-29(26,27)28/h2-5,7-8,23H,6,9H2,1H3,(H,21,24)(H2,26,27,28). The molecule has 152 valence electrons. The van der Waals surface area contributed by atoms with Crippen LogP contribution in [0.4, 0.5) is 4.39 Å². The molecule has 0 saturated carbocycles. The molecule has 2 aromatic heterocycles. The van der Waals surface area contributed by atoms with E-state index in [0.29, 0.717) is 12.0 Å². The fourth-order valence-electron chi connectivity index (χ4n) is 2.83. The maximum absolute atomic E-state index is 13.0. The van der Waals surface area contributed by atoms with Gasteiger partial charge in [0.1, 0.15) is 23.2 Å². The number of fused-ring (bicyclic) bond motifs is 1. The van der Waals surface area contributed by atoms with Gasteiger partial charge < -0.3 is 24.8 Å². The van der Waals surface area contributed by atoms with Crippen LogP contribution in [0, 0.1) is 5.82 Å². The number of halogens is 1. The summed E-state index contributed by atoms with van der Waals surface area (Å²) in [7, 11) is -3.15. The average Bonchev–Trinajstić information content (AvgIpc) is 2.66. The number of pyridine rings is 2. The van der Waals surface area contributed by atoms with Gasteiger partial charge in [-0.25, -0.2) is 4.39 Å². The Morgan fingerprint density at radius 3 is 2.52 bits per heavy atom. The van der Waals surface area contributed by atoms with E-state index in [1.807, 2.05) is 5.32 Å². The van der Waals surface area contributed by atoms with Crippen molar-refractivity contribution in [1.29, 1.82) is 0 Å². The van der Waals surface area contributed by atoms with E-state index in [2.05, 4.69) is 4.98 Å². The smallest absolute Gasteiger partial charge is 0.344 e. The molecule has 0 spiro atoms. The van der Waals surface area contributed by atoms with Crippen LogP contribution in [0.5, 0.6) is 5.75 Å². The predicted octanol–water partition coefficient (Wildman–Crippen LogP) is 1.23. The molecular formula is C18H17FN3O6P. The van der Waals surface area contributed by atoms with Gasteiger partial charge in [0.25, 0.3) is 11.5 Å². The Balaban J connectivity index is 2.01. The van der Waals surface area contributed by atoms with Crippen molar-refractivity contribution >= 4 is 24.5 Å². The third-order valence-corrected chi connectivity index (χ3v) is 4.83. The molecule has 11 heteroatoms. The van der Waals surface area contributed by atoms with Crippen molar-refractivity contribution in [1.82, 2.24) is 14.9 Å². The van der Waals surface area contributed by atoms with Crippen LogP contribution >= 0.6 is 7.60 Å². The molecular weight excluding hydrogens is 404 g/mol. The zero-order valence-corrected chi connectivity index (χ0v) is 16.1. The van der Waals surface area contributed by atoms with Crippen LogP contribution in [0.25, 0.3) is 11.0 Å². The first-order valence-electron chi connectivity index (χ1n) is 8.34. The molecule has 9 nitrogen and oxygen atoms in total. The van der Waals surface area contributed by atoms with Crippen molar-refractivity contribution in [2.75, 3.05) is 6.29 Å². The van der Waals surface area contributed by atoms with Gasteiger partial charge >= 0.3 is 7.60 Å². The van der Waals surface area contributed by atoms with E-state index in [9.17, 15) is 23.7 Å². The minimum atomic E-state index is -4.53. The van der Waals surface area contributed by atoms with Gasteiger partial charge in [-0.3, -0.25) is 19.1 Å². The van der Waals surface area contributed by atoms with Gasteiger partial charge in [-0.2, -0.15) is 0 Å². The third kappa shape index (κ3) is 4.51. The summed E-state index contributed by atoms with van der Waals surface area (Å²) >= 11 is 0. The molecule has 3 rings (SSSR count). The Morgan fingerprint density at radius 2 is 1.90 bits per heavy atom. The third-order valence-electron chi connectivity index (χ3n) is 4.26. The summed E-state index contributed by atoms with van der Waals surface area (Å²) in [5.74, 6) is -2.16.